The minimum Gasteiger partial charge on any atom is -0.507 e. The second-order valence-electron chi connectivity index (χ2n) is 5.86. The lowest BCUT2D eigenvalue weighted by atomic mass is 9.84. The van der Waals surface area contributed by atoms with E-state index in [0.29, 0.717) is 5.02 Å². The number of carbonyl (C=O) groups is 2. The Morgan fingerprint density at radius 3 is 2.62 bits per heavy atom. The second kappa shape index (κ2) is 5.22. The minimum atomic E-state index is -0.854. The third-order valence-electron chi connectivity index (χ3n) is 4.70. The van der Waals surface area contributed by atoms with Gasteiger partial charge in [-0.25, -0.2) is 0 Å². The zero-order valence-corrected chi connectivity index (χ0v) is 12.0. The van der Waals surface area contributed by atoms with Gasteiger partial charge in [0.2, 0.25) is 0 Å². The lowest BCUT2D eigenvalue weighted by Gasteiger charge is -2.28. The highest BCUT2D eigenvalue weighted by Crippen LogP contribution is 2.48. The molecule has 0 heterocycles. The highest BCUT2D eigenvalue weighted by atomic mass is 35.5. The normalized spacial score (nSPS) is 30.3. The van der Waals surface area contributed by atoms with Crippen molar-refractivity contribution < 1.29 is 19.8 Å². The second-order valence-corrected chi connectivity index (χ2v) is 6.29. The number of carboxylic acids is 1. The largest absolute Gasteiger partial charge is 0.507 e. The van der Waals surface area contributed by atoms with Gasteiger partial charge in [-0.1, -0.05) is 11.6 Å². The summed E-state index contributed by atoms with van der Waals surface area (Å²) < 4.78 is 0. The maximum absolute atomic E-state index is 12.3. The van der Waals surface area contributed by atoms with Crippen molar-refractivity contribution in [1.29, 1.82) is 0 Å². The number of aromatic hydroxyl groups is 1. The fourth-order valence-corrected chi connectivity index (χ4v) is 3.95. The molecule has 21 heavy (non-hydrogen) atoms. The van der Waals surface area contributed by atoms with E-state index in [0.717, 1.165) is 19.3 Å². The molecule has 2 bridgehead atoms. The monoisotopic (exact) mass is 309 g/mol. The van der Waals surface area contributed by atoms with Crippen LogP contribution in [0.2, 0.25) is 5.02 Å². The number of halogens is 1. The van der Waals surface area contributed by atoms with E-state index in [9.17, 15) is 19.8 Å². The van der Waals surface area contributed by atoms with Gasteiger partial charge in [-0.05, 0) is 49.3 Å². The number of hydrogen-bond donors (Lipinski definition) is 3. The van der Waals surface area contributed by atoms with Gasteiger partial charge in [0.15, 0.2) is 0 Å². The summed E-state index contributed by atoms with van der Waals surface area (Å²) in [5.41, 5.74) is 0.117. The summed E-state index contributed by atoms with van der Waals surface area (Å²) in [4.78, 5) is 23.7. The van der Waals surface area contributed by atoms with E-state index < -0.39 is 17.8 Å². The molecule has 112 valence electrons. The Balaban J connectivity index is 1.79. The van der Waals surface area contributed by atoms with E-state index in [1.54, 1.807) is 0 Å². The average Bonchev–Trinajstić information content (AvgIpc) is 2.98. The molecule has 0 aromatic heterocycles. The average molecular weight is 310 g/mol. The minimum absolute atomic E-state index is 0.117. The van der Waals surface area contributed by atoms with Crippen LogP contribution in [0.1, 0.15) is 29.6 Å². The maximum Gasteiger partial charge on any atom is 0.308 e. The van der Waals surface area contributed by atoms with Crippen LogP contribution < -0.4 is 5.32 Å². The zero-order chi connectivity index (χ0) is 15.1. The predicted octanol–water partition coefficient (Wildman–Crippen LogP) is 2.27. The Kier molecular flexibility index (Phi) is 3.53. The van der Waals surface area contributed by atoms with Crippen LogP contribution in [-0.2, 0) is 4.79 Å². The van der Waals surface area contributed by atoms with E-state index in [-0.39, 0.29) is 29.2 Å². The van der Waals surface area contributed by atoms with E-state index >= 15 is 0 Å². The molecule has 6 heteroatoms. The fourth-order valence-electron chi connectivity index (χ4n) is 3.78. The van der Waals surface area contributed by atoms with Crippen molar-refractivity contribution in [1.82, 2.24) is 5.32 Å². The number of carboxylic acid groups (broad SMARTS) is 1. The molecule has 2 aliphatic rings. The maximum atomic E-state index is 12.3. The van der Waals surface area contributed by atoms with Gasteiger partial charge in [0.05, 0.1) is 11.5 Å². The van der Waals surface area contributed by atoms with Crippen molar-refractivity contribution in [2.75, 3.05) is 0 Å². The smallest absolute Gasteiger partial charge is 0.308 e. The molecular weight excluding hydrogens is 294 g/mol. The third-order valence-corrected chi connectivity index (χ3v) is 4.94. The number of aliphatic carboxylic acids is 1. The summed E-state index contributed by atoms with van der Waals surface area (Å²) in [5.74, 6) is -1.66. The Hall–Kier alpha value is -1.75. The highest BCUT2D eigenvalue weighted by Gasteiger charge is 2.51. The summed E-state index contributed by atoms with van der Waals surface area (Å²) in [6.45, 7) is 0. The van der Waals surface area contributed by atoms with Crippen LogP contribution in [0.3, 0.4) is 0 Å². The van der Waals surface area contributed by atoms with Crippen LogP contribution in [0.15, 0.2) is 18.2 Å². The number of amides is 1. The number of rotatable bonds is 3. The highest BCUT2D eigenvalue weighted by molar-refractivity contribution is 6.30. The van der Waals surface area contributed by atoms with E-state index in [1.165, 1.54) is 18.2 Å². The Morgan fingerprint density at radius 1 is 1.24 bits per heavy atom. The van der Waals surface area contributed by atoms with Crippen molar-refractivity contribution in [3.05, 3.63) is 28.8 Å². The lowest BCUT2D eigenvalue weighted by Crippen LogP contribution is -2.46. The summed E-state index contributed by atoms with van der Waals surface area (Å²) in [6.07, 6.45) is 2.72. The number of hydrogen-bond acceptors (Lipinski definition) is 3. The third kappa shape index (κ3) is 2.46. The Bertz CT molecular complexity index is 603. The van der Waals surface area contributed by atoms with E-state index in [4.69, 9.17) is 11.6 Å². The lowest BCUT2D eigenvalue weighted by molar-refractivity contribution is -0.144. The molecule has 5 nitrogen and oxygen atoms in total. The van der Waals surface area contributed by atoms with Gasteiger partial charge in [-0.2, -0.15) is 0 Å². The molecule has 0 spiro atoms. The first-order valence-electron chi connectivity index (χ1n) is 6.99. The molecule has 4 atom stereocenters. The van der Waals surface area contributed by atoms with Crippen LogP contribution in [0.4, 0.5) is 0 Å². The molecule has 0 radical (unpaired) electrons. The quantitative estimate of drug-likeness (QED) is 0.799. The first kappa shape index (κ1) is 14.2. The summed E-state index contributed by atoms with van der Waals surface area (Å²) in [5, 5.41) is 22.3. The first-order valence-corrected chi connectivity index (χ1v) is 7.37. The number of nitrogens with one attached hydrogen (secondary N) is 1. The zero-order valence-electron chi connectivity index (χ0n) is 11.3. The van der Waals surface area contributed by atoms with Crippen molar-refractivity contribution in [3.63, 3.8) is 0 Å². The molecule has 1 aromatic carbocycles. The molecule has 1 aromatic rings. The van der Waals surface area contributed by atoms with Gasteiger partial charge in [0.1, 0.15) is 5.75 Å². The molecule has 4 unspecified atom stereocenters. The number of benzene rings is 1. The molecule has 1 amide bonds. The van der Waals surface area contributed by atoms with Gasteiger partial charge in [-0.15, -0.1) is 0 Å². The van der Waals surface area contributed by atoms with Gasteiger partial charge in [-0.3, -0.25) is 9.59 Å². The number of phenolic OH excluding ortho intramolecular Hbond substituents is 1. The molecule has 3 N–H and O–H groups in total. The van der Waals surface area contributed by atoms with Crippen molar-refractivity contribution in [2.24, 2.45) is 17.8 Å². The van der Waals surface area contributed by atoms with E-state index in [1.807, 2.05) is 0 Å². The molecule has 2 saturated carbocycles. The van der Waals surface area contributed by atoms with Gasteiger partial charge < -0.3 is 15.5 Å². The molecule has 2 aliphatic carbocycles. The van der Waals surface area contributed by atoms with Gasteiger partial charge in [0, 0.05) is 11.1 Å². The molecule has 0 saturated heterocycles. The van der Waals surface area contributed by atoms with Crippen LogP contribution >= 0.6 is 11.6 Å². The van der Waals surface area contributed by atoms with Crippen LogP contribution in [0, 0.1) is 17.8 Å². The first-order chi connectivity index (χ1) is 9.97. The molecule has 0 aliphatic heterocycles. The fraction of sp³-hybridized carbons (Fsp3) is 0.467. The summed E-state index contributed by atoms with van der Waals surface area (Å²) in [6, 6.07) is 3.90. The number of fused-ring (bicyclic) bond motifs is 2. The Labute approximate surface area is 126 Å². The van der Waals surface area contributed by atoms with Crippen molar-refractivity contribution in [3.8, 4) is 5.75 Å². The molecular formula is C15H16ClNO4. The number of phenols is 1. The summed E-state index contributed by atoms with van der Waals surface area (Å²) >= 11 is 5.74. The van der Waals surface area contributed by atoms with Crippen LogP contribution in [0.5, 0.6) is 5.75 Å². The Morgan fingerprint density at radius 2 is 1.95 bits per heavy atom. The van der Waals surface area contributed by atoms with Crippen molar-refractivity contribution >= 4 is 23.5 Å². The van der Waals surface area contributed by atoms with E-state index in [2.05, 4.69) is 5.32 Å². The molecule has 2 fully saturated rings. The summed E-state index contributed by atoms with van der Waals surface area (Å²) in [7, 11) is 0. The van der Waals surface area contributed by atoms with Crippen LogP contribution in [0.25, 0.3) is 0 Å². The SMILES string of the molecule is O=C(NC1C2CCC(C2)C1C(=O)O)c1ccc(Cl)cc1O. The van der Waals surface area contributed by atoms with Gasteiger partial charge in [0.25, 0.3) is 5.91 Å². The van der Waals surface area contributed by atoms with Gasteiger partial charge >= 0.3 is 5.97 Å². The predicted molar refractivity (Wildman–Crippen MR) is 76.3 cm³/mol. The standard InChI is InChI=1S/C15H16ClNO4/c16-9-3-4-10(11(18)6-9)14(19)17-13-8-2-1-7(5-8)12(13)15(20)21/h3-4,6-8,12-13,18H,1-2,5H2,(H,17,19)(H,20,21). The van der Waals surface area contributed by atoms with Crippen LogP contribution in [-0.4, -0.2) is 28.1 Å². The van der Waals surface area contributed by atoms with Crippen molar-refractivity contribution in [2.45, 2.75) is 25.3 Å². The molecule has 3 rings (SSSR count). The topological polar surface area (TPSA) is 86.6 Å². The number of carbonyl (C=O) groups excluding carboxylic acids is 1.